The Morgan fingerprint density at radius 1 is 1.23 bits per heavy atom. The van der Waals surface area contributed by atoms with Crippen molar-refractivity contribution < 1.29 is 19.0 Å². The van der Waals surface area contributed by atoms with Gasteiger partial charge in [0.15, 0.2) is 18.1 Å². The molecule has 1 amide bonds. The van der Waals surface area contributed by atoms with E-state index in [-0.39, 0.29) is 24.7 Å². The molecule has 0 aromatic heterocycles. The minimum absolute atomic E-state index is 0.113. The first-order valence-corrected chi connectivity index (χ1v) is 11.3. The summed E-state index contributed by atoms with van der Waals surface area (Å²) >= 11 is 9.27. The van der Waals surface area contributed by atoms with Crippen molar-refractivity contribution in [3.63, 3.8) is 0 Å². The van der Waals surface area contributed by atoms with E-state index >= 15 is 0 Å². The van der Waals surface area contributed by atoms with Gasteiger partial charge in [-0.2, -0.15) is 0 Å². The first-order chi connectivity index (χ1) is 14.8. The summed E-state index contributed by atoms with van der Waals surface area (Å²) in [6, 6.07) is 11.3. The van der Waals surface area contributed by atoms with Crippen LogP contribution < -0.4 is 14.8 Å². The fourth-order valence-corrected chi connectivity index (χ4v) is 4.30. The normalized spacial score (nSPS) is 18.4. The molecule has 2 atom stereocenters. The van der Waals surface area contributed by atoms with Crippen molar-refractivity contribution >= 4 is 44.7 Å². The Kier molecular flexibility index (Phi) is 7.91. The Balaban J connectivity index is 1.69. The van der Waals surface area contributed by atoms with E-state index in [0.29, 0.717) is 16.0 Å². The minimum Gasteiger partial charge on any atom is -0.493 e. The third kappa shape index (κ3) is 6.18. The molecule has 166 valence electrons. The van der Waals surface area contributed by atoms with Crippen LogP contribution in [0.2, 0.25) is 0 Å². The molecule has 31 heavy (non-hydrogen) atoms. The molecule has 1 aliphatic heterocycles. The third-order valence-electron chi connectivity index (χ3n) is 4.87. The Morgan fingerprint density at radius 2 is 1.87 bits per heavy atom. The number of nitrogens with zero attached hydrogens (tertiary/aromatic N) is 1. The Bertz CT molecular complexity index is 941. The number of carbonyl (C=O) groups excluding carboxylic acids is 1. The van der Waals surface area contributed by atoms with Gasteiger partial charge in [-0.15, -0.1) is 0 Å². The topological polar surface area (TPSA) is 60.0 Å². The van der Waals surface area contributed by atoms with Crippen molar-refractivity contribution in [3.8, 4) is 11.5 Å². The van der Waals surface area contributed by atoms with Crippen LogP contribution in [0.1, 0.15) is 25.0 Å². The second-order valence-electron chi connectivity index (χ2n) is 7.66. The number of hydrogen-bond acceptors (Lipinski definition) is 5. The molecule has 0 bridgehead atoms. The lowest BCUT2D eigenvalue weighted by Crippen LogP contribution is -2.47. The SMILES string of the molecule is COc1cc(C(=S)N2C[C@H](C)O[C@@H](C)C2)cc(Br)c1OCC(=O)Nc1ccc(C)cc1. The zero-order chi connectivity index (χ0) is 22.5. The van der Waals surface area contributed by atoms with Crippen LogP contribution in [0.5, 0.6) is 11.5 Å². The van der Waals surface area contributed by atoms with Crippen molar-refractivity contribution in [2.75, 3.05) is 32.1 Å². The number of hydrogen-bond donors (Lipinski definition) is 1. The van der Waals surface area contributed by atoms with Crippen molar-refractivity contribution in [2.45, 2.75) is 33.0 Å². The predicted octanol–water partition coefficient (Wildman–Crippen LogP) is 4.57. The molecular weight excluding hydrogens is 480 g/mol. The number of nitrogens with one attached hydrogen (secondary N) is 1. The number of halogens is 1. The molecule has 0 radical (unpaired) electrons. The van der Waals surface area contributed by atoms with E-state index in [9.17, 15) is 4.79 Å². The highest BCUT2D eigenvalue weighted by atomic mass is 79.9. The standard InChI is InChI=1S/C23H27BrN2O4S/c1-14-5-7-18(8-6-14)25-21(27)13-29-22-19(24)9-17(10-20(22)28-4)23(31)26-11-15(2)30-16(3)12-26/h5-10,15-16H,11-13H2,1-4H3,(H,25,27)/t15-,16-/m0/s1. The summed E-state index contributed by atoms with van der Waals surface area (Å²) in [6.07, 6.45) is 0.225. The van der Waals surface area contributed by atoms with Gasteiger partial charge < -0.3 is 24.4 Å². The largest absolute Gasteiger partial charge is 0.493 e. The number of benzene rings is 2. The van der Waals surface area contributed by atoms with Gasteiger partial charge in [0.1, 0.15) is 4.99 Å². The second kappa shape index (κ2) is 10.4. The van der Waals surface area contributed by atoms with E-state index in [2.05, 4.69) is 26.1 Å². The lowest BCUT2D eigenvalue weighted by molar-refractivity contribution is -0.118. The maximum Gasteiger partial charge on any atom is 0.262 e. The van der Waals surface area contributed by atoms with Crippen LogP contribution in [-0.2, 0) is 9.53 Å². The molecule has 0 unspecified atom stereocenters. The molecule has 1 aliphatic rings. The van der Waals surface area contributed by atoms with Crippen LogP contribution in [0.3, 0.4) is 0 Å². The average molecular weight is 507 g/mol. The van der Waals surface area contributed by atoms with Gasteiger partial charge in [-0.3, -0.25) is 4.79 Å². The third-order valence-corrected chi connectivity index (χ3v) is 5.95. The van der Waals surface area contributed by atoms with E-state index < -0.39 is 0 Å². The van der Waals surface area contributed by atoms with Crippen molar-refractivity contribution in [1.29, 1.82) is 0 Å². The average Bonchev–Trinajstić information content (AvgIpc) is 2.72. The zero-order valence-corrected chi connectivity index (χ0v) is 20.5. The van der Waals surface area contributed by atoms with Gasteiger partial charge >= 0.3 is 0 Å². The number of aryl methyl sites for hydroxylation is 1. The molecule has 2 aromatic rings. The van der Waals surface area contributed by atoms with E-state index in [4.69, 9.17) is 26.4 Å². The summed E-state index contributed by atoms with van der Waals surface area (Å²) in [5.74, 6) is 0.703. The summed E-state index contributed by atoms with van der Waals surface area (Å²) < 4.78 is 17.8. The molecule has 1 N–H and O–H groups in total. The van der Waals surface area contributed by atoms with Gasteiger partial charge in [0.05, 0.1) is 23.8 Å². The smallest absolute Gasteiger partial charge is 0.262 e. The Labute approximate surface area is 197 Å². The van der Waals surface area contributed by atoms with Crippen molar-refractivity contribution in [3.05, 3.63) is 52.0 Å². The van der Waals surface area contributed by atoms with Crippen LogP contribution in [-0.4, -0.2) is 54.8 Å². The van der Waals surface area contributed by atoms with E-state index in [1.54, 1.807) is 7.11 Å². The summed E-state index contributed by atoms with van der Waals surface area (Å²) in [5, 5.41) is 2.82. The first kappa shape index (κ1) is 23.5. The highest BCUT2D eigenvalue weighted by molar-refractivity contribution is 9.10. The summed E-state index contributed by atoms with van der Waals surface area (Å²) in [6.45, 7) is 7.40. The van der Waals surface area contributed by atoms with E-state index in [1.165, 1.54) is 0 Å². The Hall–Kier alpha value is -2.16. The quantitative estimate of drug-likeness (QED) is 0.579. The van der Waals surface area contributed by atoms with Gasteiger partial charge in [-0.1, -0.05) is 29.9 Å². The van der Waals surface area contributed by atoms with Crippen LogP contribution in [0.15, 0.2) is 40.9 Å². The molecule has 6 nitrogen and oxygen atoms in total. The zero-order valence-electron chi connectivity index (χ0n) is 18.1. The summed E-state index contributed by atoms with van der Waals surface area (Å²) in [4.78, 5) is 15.2. The molecule has 1 fully saturated rings. The summed E-state index contributed by atoms with van der Waals surface area (Å²) in [5.41, 5.74) is 2.69. The van der Waals surface area contributed by atoms with Gasteiger partial charge in [0.2, 0.25) is 0 Å². The maximum absolute atomic E-state index is 12.3. The van der Waals surface area contributed by atoms with Crippen molar-refractivity contribution in [1.82, 2.24) is 4.90 Å². The fraction of sp³-hybridized carbons (Fsp3) is 0.391. The molecule has 2 aromatic carbocycles. The highest BCUT2D eigenvalue weighted by Gasteiger charge is 2.25. The van der Waals surface area contributed by atoms with Gasteiger partial charge in [-0.25, -0.2) is 0 Å². The second-order valence-corrected chi connectivity index (χ2v) is 8.90. The van der Waals surface area contributed by atoms with E-state index in [1.807, 2.05) is 57.2 Å². The molecule has 3 rings (SSSR count). The van der Waals surface area contributed by atoms with Crippen LogP contribution in [0.25, 0.3) is 0 Å². The number of methoxy groups -OCH3 is 1. The molecule has 1 saturated heterocycles. The van der Waals surface area contributed by atoms with Crippen LogP contribution in [0.4, 0.5) is 5.69 Å². The Morgan fingerprint density at radius 3 is 2.48 bits per heavy atom. The molecular formula is C23H27BrN2O4S. The van der Waals surface area contributed by atoms with Gasteiger partial charge in [0, 0.05) is 24.3 Å². The highest BCUT2D eigenvalue weighted by Crippen LogP contribution is 2.37. The summed E-state index contributed by atoms with van der Waals surface area (Å²) in [7, 11) is 1.56. The number of thiocarbonyl (C=S) groups is 1. The number of rotatable bonds is 6. The number of morpholine rings is 1. The molecule has 8 heteroatoms. The number of amides is 1. The minimum atomic E-state index is -0.256. The number of carbonyl (C=O) groups is 1. The molecule has 1 heterocycles. The fourth-order valence-electron chi connectivity index (χ4n) is 3.48. The lowest BCUT2D eigenvalue weighted by Gasteiger charge is -2.37. The molecule has 0 aliphatic carbocycles. The van der Waals surface area contributed by atoms with Gasteiger partial charge in [-0.05, 0) is 61.0 Å². The predicted molar refractivity (Wildman–Crippen MR) is 129 cm³/mol. The van der Waals surface area contributed by atoms with Crippen LogP contribution >= 0.6 is 28.1 Å². The monoisotopic (exact) mass is 506 g/mol. The van der Waals surface area contributed by atoms with Crippen LogP contribution in [0, 0.1) is 6.92 Å². The number of ether oxygens (including phenoxy) is 3. The van der Waals surface area contributed by atoms with Crippen molar-refractivity contribution in [2.24, 2.45) is 0 Å². The first-order valence-electron chi connectivity index (χ1n) is 10.1. The lowest BCUT2D eigenvalue weighted by atomic mass is 10.1. The van der Waals surface area contributed by atoms with Gasteiger partial charge in [0.25, 0.3) is 5.91 Å². The van der Waals surface area contributed by atoms with E-state index in [0.717, 1.165) is 34.9 Å². The maximum atomic E-state index is 12.3. The molecule has 0 spiro atoms. The molecule has 0 saturated carbocycles. The number of anilines is 1.